The molecule has 0 saturated heterocycles. The van der Waals surface area contributed by atoms with Gasteiger partial charge >= 0.3 is 20.8 Å². The summed E-state index contributed by atoms with van der Waals surface area (Å²) in [6.45, 7) is 9.31. The molecule has 0 radical (unpaired) electrons. The Kier molecular flexibility index (Phi) is 8.80. The van der Waals surface area contributed by atoms with Crippen LogP contribution in [0.5, 0.6) is 0 Å². The average Bonchev–Trinajstić information content (AvgIpc) is 3.11. The predicted molar refractivity (Wildman–Crippen MR) is 141 cm³/mol. The van der Waals surface area contributed by atoms with E-state index >= 15 is 0 Å². The second-order valence-corrected chi connectivity index (χ2v) is 15.7. The number of fused-ring (bicyclic) bond motifs is 5. The van der Waals surface area contributed by atoms with E-state index in [0.29, 0.717) is 48.3 Å². The molecule has 4 fully saturated rings. The third-order valence-electron chi connectivity index (χ3n) is 11.3. The van der Waals surface area contributed by atoms with E-state index in [1.54, 1.807) is 0 Å². The van der Waals surface area contributed by atoms with E-state index in [2.05, 4.69) is 27.7 Å². The minimum Gasteiger partial charge on any atom is -0.264 e. The quantitative estimate of drug-likeness (QED) is 0.305. The summed E-state index contributed by atoms with van der Waals surface area (Å²) in [5, 5.41) is 0. The summed E-state index contributed by atoms with van der Waals surface area (Å²) in [6, 6.07) is 0. The van der Waals surface area contributed by atoms with Crippen molar-refractivity contribution < 1.29 is 34.3 Å². The fourth-order valence-electron chi connectivity index (χ4n) is 9.66. The molecule has 2 N–H and O–H groups in total. The van der Waals surface area contributed by atoms with Crippen molar-refractivity contribution in [2.75, 3.05) is 6.61 Å². The van der Waals surface area contributed by atoms with E-state index in [4.69, 9.17) is 8.37 Å². The lowest BCUT2D eigenvalue weighted by molar-refractivity contribution is -0.128. The highest BCUT2D eigenvalue weighted by Crippen LogP contribution is 2.68. The molecule has 0 aromatic carbocycles. The van der Waals surface area contributed by atoms with Crippen LogP contribution in [0.25, 0.3) is 0 Å². The van der Waals surface area contributed by atoms with Gasteiger partial charge in [0.2, 0.25) is 0 Å². The van der Waals surface area contributed by atoms with Crippen LogP contribution in [0.2, 0.25) is 0 Å². The van der Waals surface area contributed by atoms with Crippen molar-refractivity contribution in [1.29, 1.82) is 0 Å². The van der Waals surface area contributed by atoms with Crippen molar-refractivity contribution in [3.05, 3.63) is 0 Å². The SMILES string of the molecule is CC(C)CCC[C@@H](COS(=O)(=O)O)[C@@H]1CC[C@@H]2[C@@H]3CC[C@H]4C[C@@H](OS(=O)(=O)O)CC[C@]4(C)[C@@H]3CC[C@@]21C. The first-order valence-corrected chi connectivity index (χ1v) is 17.1. The van der Waals surface area contributed by atoms with E-state index < -0.39 is 26.9 Å². The second kappa shape index (κ2) is 11.0. The highest BCUT2D eigenvalue weighted by molar-refractivity contribution is 7.81. The van der Waals surface area contributed by atoms with Gasteiger partial charge in [-0.15, -0.1) is 0 Å². The first-order valence-electron chi connectivity index (χ1n) is 14.4. The Bertz CT molecular complexity index is 1010. The maximum Gasteiger partial charge on any atom is 0.397 e. The molecule has 216 valence electrons. The molecule has 0 amide bonds. The van der Waals surface area contributed by atoms with E-state index in [0.717, 1.165) is 64.2 Å². The lowest BCUT2D eigenvalue weighted by Gasteiger charge is -2.61. The Morgan fingerprint density at radius 3 is 2.16 bits per heavy atom. The summed E-state index contributed by atoms with van der Waals surface area (Å²) >= 11 is 0. The molecule has 0 unspecified atom stereocenters. The number of rotatable bonds is 10. The fraction of sp³-hybridized carbons (Fsp3) is 1.00. The van der Waals surface area contributed by atoms with Crippen LogP contribution in [0.4, 0.5) is 0 Å². The maximum atomic E-state index is 11.4. The van der Waals surface area contributed by atoms with Crippen molar-refractivity contribution in [2.24, 2.45) is 52.3 Å². The first kappa shape index (κ1) is 29.7. The smallest absolute Gasteiger partial charge is 0.264 e. The van der Waals surface area contributed by atoms with Gasteiger partial charge in [-0.05, 0) is 116 Å². The van der Waals surface area contributed by atoms with E-state index in [-0.39, 0.29) is 23.4 Å². The standard InChI is InChI=1S/C27H48O8S2/c1-18(2)6-5-7-19(17-34-36(28,29)30)23-10-11-24-22-9-8-20-16-21(35-37(31,32)33)12-14-26(20,3)25(22)13-15-27(23,24)4/h18-25H,5-17H2,1-4H3,(H,28,29,30)(H,31,32,33)/t19-,20-,21-,22-,23-,24+,25+,26-,27+/m0/s1. The summed E-state index contributed by atoms with van der Waals surface area (Å²) in [7, 11) is -8.89. The molecule has 0 bridgehead atoms. The third-order valence-corrected chi connectivity index (χ3v) is 12.3. The Labute approximate surface area is 224 Å². The molecule has 0 aromatic rings. The Morgan fingerprint density at radius 2 is 1.51 bits per heavy atom. The summed E-state index contributed by atoms with van der Waals surface area (Å²) in [6.07, 6.45) is 11.6. The Morgan fingerprint density at radius 1 is 0.838 bits per heavy atom. The summed E-state index contributed by atoms with van der Waals surface area (Å²) in [5.74, 6) is 3.33. The van der Waals surface area contributed by atoms with Gasteiger partial charge in [-0.3, -0.25) is 9.11 Å². The molecule has 9 atom stereocenters. The Balaban J connectivity index is 1.48. The molecule has 10 heteroatoms. The second-order valence-electron chi connectivity index (χ2n) is 13.6. The highest BCUT2D eigenvalue weighted by atomic mass is 32.3. The molecule has 4 aliphatic carbocycles. The molecular formula is C27H48O8S2. The van der Waals surface area contributed by atoms with Gasteiger partial charge in [-0.25, -0.2) is 8.37 Å². The predicted octanol–water partition coefficient (Wildman–Crippen LogP) is 6.10. The molecule has 4 aliphatic rings. The monoisotopic (exact) mass is 564 g/mol. The van der Waals surface area contributed by atoms with Crippen LogP contribution in [0.3, 0.4) is 0 Å². The largest absolute Gasteiger partial charge is 0.397 e. The van der Waals surface area contributed by atoms with Crippen molar-refractivity contribution in [3.8, 4) is 0 Å². The minimum absolute atomic E-state index is 0.0624. The van der Waals surface area contributed by atoms with Crippen LogP contribution in [-0.4, -0.2) is 38.7 Å². The van der Waals surface area contributed by atoms with Gasteiger partial charge in [0.15, 0.2) is 0 Å². The molecule has 0 spiro atoms. The van der Waals surface area contributed by atoms with E-state index in [9.17, 15) is 25.9 Å². The first-order chi connectivity index (χ1) is 17.1. The molecule has 4 rings (SSSR count). The topological polar surface area (TPSA) is 127 Å². The van der Waals surface area contributed by atoms with Crippen LogP contribution in [0, 0.1) is 52.3 Å². The molecular weight excluding hydrogens is 516 g/mol. The van der Waals surface area contributed by atoms with Gasteiger partial charge in [0.25, 0.3) is 0 Å². The lowest BCUT2D eigenvalue weighted by atomic mass is 9.44. The van der Waals surface area contributed by atoms with Crippen LogP contribution in [0.1, 0.15) is 105 Å². The molecule has 0 aliphatic heterocycles. The van der Waals surface area contributed by atoms with Crippen molar-refractivity contribution >= 4 is 20.8 Å². The zero-order valence-corrected chi connectivity index (χ0v) is 24.6. The van der Waals surface area contributed by atoms with Crippen molar-refractivity contribution in [2.45, 2.75) is 111 Å². The number of hydrogen-bond donors (Lipinski definition) is 2. The van der Waals surface area contributed by atoms with E-state index in [1.165, 1.54) is 0 Å². The third kappa shape index (κ3) is 6.56. The lowest BCUT2D eigenvalue weighted by Crippen LogP contribution is -2.54. The van der Waals surface area contributed by atoms with Crippen LogP contribution < -0.4 is 0 Å². The van der Waals surface area contributed by atoms with Gasteiger partial charge in [-0.2, -0.15) is 16.8 Å². The van der Waals surface area contributed by atoms with Gasteiger partial charge < -0.3 is 0 Å². The molecule has 8 nitrogen and oxygen atoms in total. The molecule has 0 aromatic heterocycles. The van der Waals surface area contributed by atoms with Crippen LogP contribution in [0.15, 0.2) is 0 Å². The van der Waals surface area contributed by atoms with Gasteiger partial charge in [0.1, 0.15) is 0 Å². The average molecular weight is 565 g/mol. The minimum atomic E-state index is -4.46. The molecule has 4 saturated carbocycles. The van der Waals surface area contributed by atoms with Crippen LogP contribution >= 0.6 is 0 Å². The fourth-order valence-corrected chi connectivity index (χ4v) is 10.5. The highest BCUT2D eigenvalue weighted by Gasteiger charge is 2.61. The van der Waals surface area contributed by atoms with Gasteiger partial charge in [0, 0.05) is 0 Å². The maximum absolute atomic E-state index is 11.4. The summed E-state index contributed by atoms with van der Waals surface area (Å²) in [4.78, 5) is 0. The van der Waals surface area contributed by atoms with E-state index in [1.807, 2.05) is 0 Å². The molecule has 37 heavy (non-hydrogen) atoms. The Hall–Kier alpha value is -0.260. The van der Waals surface area contributed by atoms with Gasteiger partial charge in [0.05, 0.1) is 12.7 Å². The number of hydrogen-bond acceptors (Lipinski definition) is 6. The zero-order valence-electron chi connectivity index (χ0n) is 23.0. The summed E-state index contributed by atoms with van der Waals surface area (Å²) < 4.78 is 73.9. The zero-order chi connectivity index (χ0) is 27.2. The van der Waals surface area contributed by atoms with Crippen LogP contribution in [-0.2, 0) is 29.2 Å². The summed E-state index contributed by atoms with van der Waals surface area (Å²) in [5.41, 5.74) is 0.298. The van der Waals surface area contributed by atoms with Gasteiger partial charge in [-0.1, -0.05) is 40.5 Å². The normalized spacial score (nSPS) is 41.2. The molecule has 0 heterocycles. The van der Waals surface area contributed by atoms with Crippen molar-refractivity contribution in [1.82, 2.24) is 0 Å². The van der Waals surface area contributed by atoms with Crippen molar-refractivity contribution in [3.63, 3.8) is 0 Å².